The van der Waals surface area contributed by atoms with Crippen LogP contribution in [0.5, 0.6) is 0 Å². The Balaban J connectivity index is 1.66. The quantitative estimate of drug-likeness (QED) is 0.649. The zero-order chi connectivity index (χ0) is 21.7. The van der Waals surface area contributed by atoms with E-state index in [9.17, 15) is 18.0 Å². The molecule has 1 saturated heterocycles. The lowest BCUT2D eigenvalue weighted by molar-refractivity contribution is -0.152. The fourth-order valence-electron chi connectivity index (χ4n) is 3.17. The molecule has 2 aromatic rings. The second-order valence-corrected chi connectivity index (χ2v) is 9.45. The van der Waals surface area contributed by atoms with Crippen molar-refractivity contribution in [1.29, 1.82) is 0 Å². The molecule has 0 saturated carbocycles. The molecular weight excluding hydrogens is 451 g/mol. The molecule has 1 atom stereocenters. The van der Waals surface area contributed by atoms with Gasteiger partial charge in [-0.25, -0.2) is 8.42 Å². The van der Waals surface area contributed by atoms with Gasteiger partial charge in [0.05, 0.1) is 15.6 Å². The van der Waals surface area contributed by atoms with E-state index in [1.54, 1.807) is 24.3 Å². The summed E-state index contributed by atoms with van der Waals surface area (Å²) < 4.78 is 32.2. The molecule has 0 aromatic heterocycles. The molecule has 10 heteroatoms. The number of carbonyl (C=O) groups is 2. The van der Waals surface area contributed by atoms with Gasteiger partial charge in [-0.05, 0) is 49.6 Å². The number of ether oxygens (including phenoxy) is 1. The van der Waals surface area contributed by atoms with E-state index in [4.69, 9.17) is 27.9 Å². The molecular formula is C20H20Cl2N2O5S. The second-order valence-electron chi connectivity index (χ2n) is 6.72. The SMILES string of the molecule is O=C(COC(=O)C1CCCCN1S(=O)(=O)c1ccccc1)Nc1cc(Cl)ccc1Cl. The molecule has 3 rings (SSSR count). The average Bonchev–Trinajstić information content (AvgIpc) is 2.75. The summed E-state index contributed by atoms with van der Waals surface area (Å²) >= 11 is 11.9. The Morgan fingerprint density at radius 3 is 2.57 bits per heavy atom. The molecule has 160 valence electrons. The third-order valence-corrected chi connectivity index (χ3v) is 7.11. The molecule has 7 nitrogen and oxygen atoms in total. The van der Waals surface area contributed by atoms with Gasteiger partial charge in [0.1, 0.15) is 6.04 Å². The number of halogens is 2. The van der Waals surface area contributed by atoms with Crippen LogP contribution in [0, 0.1) is 0 Å². The highest BCUT2D eigenvalue weighted by molar-refractivity contribution is 7.89. The lowest BCUT2D eigenvalue weighted by Gasteiger charge is -2.32. The van der Waals surface area contributed by atoms with Crippen molar-refractivity contribution in [3.05, 3.63) is 58.6 Å². The van der Waals surface area contributed by atoms with Gasteiger partial charge in [-0.1, -0.05) is 41.4 Å². The number of rotatable bonds is 6. The molecule has 1 unspecified atom stereocenters. The van der Waals surface area contributed by atoms with Crippen molar-refractivity contribution < 1.29 is 22.7 Å². The molecule has 1 fully saturated rings. The number of hydrogen-bond acceptors (Lipinski definition) is 5. The van der Waals surface area contributed by atoms with Gasteiger partial charge in [0.2, 0.25) is 10.0 Å². The van der Waals surface area contributed by atoms with Crippen LogP contribution in [-0.4, -0.2) is 43.8 Å². The summed E-state index contributed by atoms with van der Waals surface area (Å²) in [6.07, 6.45) is 1.65. The van der Waals surface area contributed by atoms with Crippen LogP contribution in [0.4, 0.5) is 5.69 Å². The maximum Gasteiger partial charge on any atom is 0.324 e. The Morgan fingerprint density at radius 2 is 1.83 bits per heavy atom. The van der Waals surface area contributed by atoms with Crippen LogP contribution in [0.1, 0.15) is 19.3 Å². The van der Waals surface area contributed by atoms with Crippen molar-refractivity contribution >= 4 is 50.8 Å². The van der Waals surface area contributed by atoms with Crippen LogP contribution >= 0.6 is 23.2 Å². The van der Waals surface area contributed by atoms with Crippen molar-refractivity contribution in [2.24, 2.45) is 0 Å². The zero-order valence-electron chi connectivity index (χ0n) is 15.9. The van der Waals surface area contributed by atoms with Crippen molar-refractivity contribution in [2.45, 2.75) is 30.2 Å². The zero-order valence-corrected chi connectivity index (χ0v) is 18.2. The van der Waals surface area contributed by atoms with E-state index in [-0.39, 0.29) is 22.2 Å². The van der Waals surface area contributed by atoms with Crippen LogP contribution < -0.4 is 5.32 Å². The maximum absolute atomic E-state index is 13.0. The number of hydrogen-bond donors (Lipinski definition) is 1. The minimum Gasteiger partial charge on any atom is -0.454 e. The first-order valence-electron chi connectivity index (χ1n) is 9.27. The van der Waals surface area contributed by atoms with Gasteiger partial charge in [0.15, 0.2) is 6.61 Å². The van der Waals surface area contributed by atoms with Crippen LogP contribution in [-0.2, 0) is 24.3 Å². The standard InChI is InChI=1S/C20H20Cl2N2O5S/c21-14-9-10-16(22)17(12-14)23-19(25)13-29-20(26)18-8-4-5-11-24(18)30(27,28)15-6-2-1-3-7-15/h1-3,6-7,9-10,12,18H,4-5,8,11,13H2,(H,23,25). The van der Waals surface area contributed by atoms with E-state index in [0.29, 0.717) is 24.3 Å². The Morgan fingerprint density at radius 1 is 1.10 bits per heavy atom. The highest BCUT2D eigenvalue weighted by atomic mass is 35.5. The van der Waals surface area contributed by atoms with Gasteiger partial charge in [0.25, 0.3) is 5.91 Å². The highest BCUT2D eigenvalue weighted by Gasteiger charge is 2.38. The molecule has 30 heavy (non-hydrogen) atoms. The van der Waals surface area contributed by atoms with Gasteiger partial charge < -0.3 is 10.1 Å². The Hall–Kier alpha value is -2.13. The molecule has 1 amide bonds. The number of carbonyl (C=O) groups excluding carboxylic acids is 2. The fourth-order valence-corrected chi connectivity index (χ4v) is 5.17. The van der Waals surface area contributed by atoms with Crippen LogP contribution in [0.3, 0.4) is 0 Å². The van der Waals surface area contributed by atoms with Crippen molar-refractivity contribution in [2.75, 3.05) is 18.5 Å². The third kappa shape index (κ3) is 5.31. The molecule has 1 aliphatic rings. The molecule has 1 heterocycles. The molecule has 0 aliphatic carbocycles. The Kier molecular flexibility index (Phi) is 7.36. The monoisotopic (exact) mass is 470 g/mol. The molecule has 2 aromatic carbocycles. The second kappa shape index (κ2) is 9.78. The van der Waals surface area contributed by atoms with E-state index in [1.807, 2.05) is 0 Å². The number of anilines is 1. The summed E-state index contributed by atoms with van der Waals surface area (Å²) in [5, 5.41) is 3.18. The Bertz CT molecular complexity index is 1030. The topological polar surface area (TPSA) is 92.8 Å². The van der Waals surface area contributed by atoms with E-state index < -0.39 is 34.5 Å². The molecule has 1 N–H and O–H groups in total. The summed E-state index contributed by atoms with van der Waals surface area (Å²) in [4.78, 5) is 24.9. The summed E-state index contributed by atoms with van der Waals surface area (Å²) in [6.45, 7) is -0.362. The van der Waals surface area contributed by atoms with Gasteiger partial charge in [-0.15, -0.1) is 0 Å². The minimum atomic E-state index is -3.85. The fraction of sp³-hybridized carbons (Fsp3) is 0.300. The van der Waals surface area contributed by atoms with E-state index in [0.717, 1.165) is 4.31 Å². The minimum absolute atomic E-state index is 0.109. The number of benzene rings is 2. The van der Waals surface area contributed by atoms with Crippen molar-refractivity contribution in [3.63, 3.8) is 0 Å². The normalized spacial score (nSPS) is 17.3. The molecule has 0 bridgehead atoms. The first-order chi connectivity index (χ1) is 14.3. The lowest BCUT2D eigenvalue weighted by atomic mass is 10.1. The summed E-state index contributed by atoms with van der Waals surface area (Å²) in [7, 11) is -3.85. The number of esters is 1. The van der Waals surface area contributed by atoms with Gasteiger partial charge >= 0.3 is 5.97 Å². The molecule has 1 aliphatic heterocycles. The highest BCUT2D eigenvalue weighted by Crippen LogP contribution is 2.27. The van der Waals surface area contributed by atoms with Crippen LogP contribution in [0.15, 0.2) is 53.4 Å². The van der Waals surface area contributed by atoms with Crippen LogP contribution in [0.2, 0.25) is 10.0 Å². The largest absolute Gasteiger partial charge is 0.454 e. The van der Waals surface area contributed by atoms with Crippen molar-refractivity contribution in [3.8, 4) is 0 Å². The first kappa shape index (κ1) is 22.6. The van der Waals surface area contributed by atoms with Gasteiger partial charge in [0, 0.05) is 11.6 Å². The van der Waals surface area contributed by atoms with E-state index in [2.05, 4.69) is 5.32 Å². The maximum atomic E-state index is 13.0. The van der Waals surface area contributed by atoms with Crippen LogP contribution in [0.25, 0.3) is 0 Å². The first-order valence-corrected chi connectivity index (χ1v) is 11.5. The average molecular weight is 471 g/mol. The third-order valence-electron chi connectivity index (χ3n) is 4.62. The number of amides is 1. The summed E-state index contributed by atoms with van der Waals surface area (Å²) in [5.41, 5.74) is 0.288. The van der Waals surface area contributed by atoms with Gasteiger partial charge in [-0.3, -0.25) is 9.59 Å². The van der Waals surface area contributed by atoms with E-state index in [1.165, 1.54) is 24.3 Å². The molecule has 0 spiro atoms. The van der Waals surface area contributed by atoms with Gasteiger partial charge in [-0.2, -0.15) is 4.31 Å². The lowest BCUT2D eigenvalue weighted by Crippen LogP contribution is -2.48. The number of nitrogens with zero attached hydrogens (tertiary/aromatic N) is 1. The summed E-state index contributed by atoms with van der Waals surface area (Å²) in [5.74, 6) is -1.37. The summed E-state index contributed by atoms with van der Waals surface area (Å²) in [6, 6.07) is 11.5. The van der Waals surface area contributed by atoms with Crippen molar-refractivity contribution in [1.82, 2.24) is 4.31 Å². The smallest absolute Gasteiger partial charge is 0.324 e. The Labute approximate surface area is 185 Å². The molecule has 0 radical (unpaired) electrons. The number of piperidine rings is 1. The predicted octanol–water partition coefficient (Wildman–Crippen LogP) is 3.72. The number of nitrogens with one attached hydrogen (secondary N) is 1. The van der Waals surface area contributed by atoms with E-state index >= 15 is 0 Å². The predicted molar refractivity (Wildman–Crippen MR) is 114 cm³/mol. The number of sulfonamides is 1.